The summed E-state index contributed by atoms with van der Waals surface area (Å²) in [5.41, 5.74) is 2.81. The van der Waals surface area contributed by atoms with Crippen molar-refractivity contribution in [2.75, 3.05) is 26.7 Å². The molecular formula is C17H27NO. The van der Waals surface area contributed by atoms with Crippen LogP contribution >= 0.6 is 0 Å². The minimum Gasteiger partial charge on any atom is -0.396 e. The minimum absolute atomic E-state index is 0.0619. The van der Waals surface area contributed by atoms with Crippen LogP contribution in [-0.2, 0) is 6.42 Å². The third kappa shape index (κ3) is 3.58. The second-order valence-corrected chi connectivity index (χ2v) is 6.57. The first-order valence-corrected chi connectivity index (χ1v) is 7.43. The molecule has 0 radical (unpaired) electrons. The average molecular weight is 261 g/mol. The molecule has 1 atom stereocenters. The summed E-state index contributed by atoms with van der Waals surface area (Å²) in [6, 6.07) is 8.94. The van der Waals surface area contributed by atoms with Gasteiger partial charge in [-0.1, -0.05) is 38.1 Å². The molecule has 1 aromatic rings. The molecule has 0 saturated carbocycles. The third-order valence-electron chi connectivity index (χ3n) is 4.41. The van der Waals surface area contributed by atoms with Crippen molar-refractivity contribution in [3.63, 3.8) is 0 Å². The Balaban J connectivity index is 2.09. The van der Waals surface area contributed by atoms with Crippen molar-refractivity contribution >= 4 is 0 Å². The molecule has 0 aromatic heterocycles. The summed E-state index contributed by atoms with van der Waals surface area (Å²) in [7, 11) is 2.16. The molecule has 0 amide bonds. The number of hydrogen-bond acceptors (Lipinski definition) is 2. The van der Waals surface area contributed by atoms with E-state index in [-0.39, 0.29) is 5.41 Å². The number of aliphatic hydroxyl groups is 1. The van der Waals surface area contributed by atoms with Crippen LogP contribution in [0.1, 0.15) is 43.7 Å². The molecule has 1 heterocycles. The van der Waals surface area contributed by atoms with Gasteiger partial charge in [0.1, 0.15) is 0 Å². The zero-order valence-electron chi connectivity index (χ0n) is 12.5. The van der Waals surface area contributed by atoms with E-state index in [1.54, 1.807) is 0 Å². The Labute approximate surface area is 117 Å². The fourth-order valence-corrected chi connectivity index (χ4v) is 3.24. The monoisotopic (exact) mass is 261 g/mol. The van der Waals surface area contributed by atoms with E-state index >= 15 is 0 Å². The molecule has 1 aliphatic rings. The van der Waals surface area contributed by atoms with E-state index in [0.717, 1.165) is 25.9 Å². The van der Waals surface area contributed by atoms with Gasteiger partial charge in [0.05, 0.1) is 6.61 Å². The summed E-state index contributed by atoms with van der Waals surface area (Å²) in [6.45, 7) is 6.91. The van der Waals surface area contributed by atoms with Gasteiger partial charge >= 0.3 is 0 Å². The van der Waals surface area contributed by atoms with Crippen molar-refractivity contribution in [3.8, 4) is 0 Å². The second-order valence-electron chi connectivity index (χ2n) is 6.57. The number of likely N-dealkylation sites (tertiary alicyclic amines) is 1. The van der Waals surface area contributed by atoms with Crippen LogP contribution in [-0.4, -0.2) is 36.8 Å². The highest BCUT2D eigenvalue weighted by Crippen LogP contribution is 2.33. The Morgan fingerprint density at radius 1 is 1.26 bits per heavy atom. The van der Waals surface area contributed by atoms with E-state index in [4.69, 9.17) is 0 Å². The third-order valence-corrected chi connectivity index (χ3v) is 4.41. The highest BCUT2D eigenvalue weighted by atomic mass is 16.3. The predicted octanol–water partition coefficient (Wildman–Crippen LogP) is 3.06. The first kappa shape index (κ1) is 14.5. The van der Waals surface area contributed by atoms with Gasteiger partial charge in [0.25, 0.3) is 0 Å². The van der Waals surface area contributed by atoms with Crippen LogP contribution in [0.15, 0.2) is 24.3 Å². The molecule has 1 saturated heterocycles. The Morgan fingerprint density at radius 3 is 2.47 bits per heavy atom. The Morgan fingerprint density at radius 2 is 1.95 bits per heavy atom. The number of hydrogen-bond donors (Lipinski definition) is 1. The molecule has 2 rings (SSSR count). The second kappa shape index (κ2) is 6.06. The van der Waals surface area contributed by atoms with E-state index in [0.29, 0.717) is 12.5 Å². The fraction of sp³-hybridized carbons (Fsp3) is 0.647. The Kier molecular flexibility index (Phi) is 4.64. The van der Waals surface area contributed by atoms with E-state index in [2.05, 4.69) is 50.1 Å². The molecule has 1 unspecified atom stereocenters. The standard InChI is InChI=1S/C17H27NO/c1-14(2)16-7-5-15(6-8-16)11-17(13-19)9-4-10-18(3)12-17/h5-8,14,19H,4,9-13H2,1-3H3. The molecule has 1 aliphatic heterocycles. The number of rotatable bonds is 4. The maximum Gasteiger partial charge on any atom is 0.0502 e. The summed E-state index contributed by atoms with van der Waals surface area (Å²) >= 11 is 0. The SMILES string of the molecule is CC(C)c1ccc(CC2(CO)CCCN(C)C2)cc1. The Hall–Kier alpha value is -0.860. The van der Waals surface area contributed by atoms with E-state index in [1.807, 2.05) is 0 Å². The molecule has 106 valence electrons. The van der Waals surface area contributed by atoms with E-state index in [1.165, 1.54) is 17.5 Å². The van der Waals surface area contributed by atoms with E-state index < -0.39 is 0 Å². The van der Waals surface area contributed by atoms with Gasteiger partial charge < -0.3 is 10.0 Å². The number of aliphatic hydroxyl groups excluding tert-OH is 1. The summed E-state index contributed by atoms with van der Waals surface area (Å²) < 4.78 is 0. The average Bonchev–Trinajstić information content (AvgIpc) is 2.39. The highest BCUT2D eigenvalue weighted by Gasteiger charge is 2.33. The largest absolute Gasteiger partial charge is 0.396 e. The quantitative estimate of drug-likeness (QED) is 0.900. The van der Waals surface area contributed by atoms with Crippen molar-refractivity contribution in [1.29, 1.82) is 0 Å². The van der Waals surface area contributed by atoms with Crippen molar-refractivity contribution < 1.29 is 5.11 Å². The summed E-state index contributed by atoms with van der Waals surface area (Å²) in [6.07, 6.45) is 3.33. The molecule has 19 heavy (non-hydrogen) atoms. The van der Waals surface area contributed by atoms with Crippen LogP contribution in [0.2, 0.25) is 0 Å². The van der Waals surface area contributed by atoms with Gasteiger partial charge in [0.15, 0.2) is 0 Å². The maximum atomic E-state index is 9.84. The van der Waals surface area contributed by atoms with Crippen molar-refractivity contribution in [1.82, 2.24) is 4.90 Å². The van der Waals surface area contributed by atoms with Gasteiger partial charge in [-0.05, 0) is 49.9 Å². The minimum atomic E-state index is 0.0619. The van der Waals surface area contributed by atoms with Gasteiger partial charge in [-0.3, -0.25) is 0 Å². The molecular weight excluding hydrogens is 234 g/mol. The molecule has 1 aromatic carbocycles. The summed E-state index contributed by atoms with van der Waals surface area (Å²) in [5.74, 6) is 0.585. The lowest BCUT2D eigenvalue weighted by Gasteiger charge is -2.40. The molecule has 0 spiro atoms. The lowest BCUT2D eigenvalue weighted by atomic mass is 9.76. The van der Waals surface area contributed by atoms with Crippen LogP contribution in [0.4, 0.5) is 0 Å². The van der Waals surface area contributed by atoms with Crippen LogP contribution < -0.4 is 0 Å². The molecule has 0 bridgehead atoms. The van der Waals surface area contributed by atoms with Crippen LogP contribution in [0, 0.1) is 5.41 Å². The predicted molar refractivity (Wildman–Crippen MR) is 80.5 cm³/mol. The zero-order chi connectivity index (χ0) is 13.9. The molecule has 2 heteroatoms. The smallest absolute Gasteiger partial charge is 0.0502 e. The first-order valence-electron chi connectivity index (χ1n) is 7.43. The first-order chi connectivity index (χ1) is 9.04. The molecule has 1 N–H and O–H groups in total. The van der Waals surface area contributed by atoms with Gasteiger partial charge in [-0.25, -0.2) is 0 Å². The van der Waals surface area contributed by atoms with Gasteiger partial charge in [0.2, 0.25) is 0 Å². The molecule has 0 aliphatic carbocycles. The fourth-order valence-electron chi connectivity index (χ4n) is 3.24. The lowest BCUT2D eigenvalue weighted by Crippen LogP contribution is -2.44. The van der Waals surface area contributed by atoms with Gasteiger partial charge in [0, 0.05) is 12.0 Å². The van der Waals surface area contributed by atoms with Crippen molar-refractivity contribution in [3.05, 3.63) is 35.4 Å². The summed E-state index contributed by atoms with van der Waals surface area (Å²) in [4.78, 5) is 2.35. The van der Waals surface area contributed by atoms with Crippen LogP contribution in [0.25, 0.3) is 0 Å². The normalized spacial score (nSPS) is 24.9. The highest BCUT2D eigenvalue weighted by molar-refractivity contribution is 5.25. The zero-order valence-corrected chi connectivity index (χ0v) is 12.5. The summed E-state index contributed by atoms with van der Waals surface area (Å²) in [5, 5.41) is 9.84. The topological polar surface area (TPSA) is 23.5 Å². The lowest BCUT2D eigenvalue weighted by molar-refractivity contribution is 0.0439. The number of piperidine rings is 1. The van der Waals surface area contributed by atoms with Gasteiger partial charge in [-0.15, -0.1) is 0 Å². The van der Waals surface area contributed by atoms with Crippen molar-refractivity contribution in [2.45, 2.75) is 39.0 Å². The molecule has 1 fully saturated rings. The van der Waals surface area contributed by atoms with Crippen molar-refractivity contribution in [2.24, 2.45) is 5.41 Å². The van der Waals surface area contributed by atoms with Crippen LogP contribution in [0.5, 0.6) is 0 Å². The number of nitrogens with zero attached hydrogens (tertiary/aromatic N) is 1. The maximum absolute atomic E-state index is 9.84. The Bertz CT molecular complexity index is 398. The van der Waals surface area contributed by atoms with E-state index in [9.17, 15) is 5.11 Å². The van der Waals surface area contributed by atoms with Gasteiger partial charge in [-0.2, -0.15) is 0 Å². The van der Waals surface area contributed by atoms with Crippen LogP contribution in [0.3, 0.4) is 0 Å². The number of benzene rings is 1. The molecule has 2 nitrogen and oxygen atoms in total.